The maximum absolute atomic E-state index is 5.97. The van der Waals surface area contributed by atoms with Gasteiger partial charge in [-0.05, 0) is 32.9 Å². The van der Waals surface area contributed by atoms with Crippen LogP contribution >= 0.6 is 11.3 Å². The van der Waals surface area contributed by atoms with Crippen molar-refractivity contribution in [1.29, 1.82) is 0 Å². The molecule has 2 heterocycles. The van der Waals surface area contributed by atoms with Crippen molar-refractivity contribution in [2.45, 2.75) is 39.0 Å². The average molecular weight is 255 g/mol. The lowest BCUT2D eigenvalue weighted by atomic mass is 10.2. The predicted molar refractivity (Wildman–Crippen MR) is 69.9 cm³/mol. The van der Waals surface area contributed by atoms with Crippen LogP contribution in [0.1, 0.15) is 41.4 Å². The predicted octanol–water partition coefficient (Wildman–Crippen LogP) is 1.91. The first-order valence-electron chi connectivity index (χ1n) is 6.16. The van der Waals surface area contributed by atoms with E-state index in [4.69, 9.17) is 10.5 Å². The molecular weight excluding hydrogens is 234 g/mol. The van der Waals surface area contributed by atoms with Gasteiger partial charge in [-0.15, -0.1) is 11.3 Å². The van der Waals surface area contributed by atoms with E-state index in [1.165, 1.54) is 35.8 Å². The molecule has 0 aliphatic carbocycles. The van der Waals surface area contributed by atoms with Crippen LogP contribution in [0.15, 0.2) is 0 Å². The molecule has 4 nitrogen and oxygen atoms in total. The molecule has 0 saturated carbocycles. The van der Waals surface area contributed by atoms with Crippen molar-refractivity contribution < 1.29 is 4.74 Å². The lowest BCUT2D eigenvalue weighted by molar-refractivity contribution is 0.180. The maximum atomic E-state index is 5.97. The summed E-state index contributed by atoms with van der Waals surface area (Å²) in [6.45, 7) is 5.94. The minimum absolute atomic E-state index is 0.0463. The Balaban J connectivity index is 2.08. The van der Waals surface area contributed by atoms with Crippen LogP contribution in [0.25, 0.3) is 0 Å². The Bertz CT molecular complexity index is 359. The van der Waals surface area contributed by atoms with Gasteiger partial charge in [-0.1, -0.05) is 0 Å². The third kappa shape index (κ3) is 3.25. The molecule has 2 N–H and O–H groups in total. The number of hydrogen-bond acceptors (Lipinski definition) is 5. The van der Waals surface area contributed by atoms with Crippen molar-refractivity contribution in [2.75, 3.05) is 20.2 Å². The van der Waals surface area contributed by atoms with Gasteiger partial charge in [-0.3, -0.25) is 4.90 Å². The van der Waals surface area contributed by atoms with E-state index in [9.17, 15) is 0 Å². The van der Waals surface area contributed by atoms with Crippen LogP contribution in [0.3, 0.4) is 0 Å². The number of aromatic nitrogens is 1. The molecule has 0 amide bonds. The molecule has 1 aliphatic heterocycles. The van der Waals surface area contributed by atoms with Gasteiger partial charge in [0.05, 0.1) is 18.8 Å². The molecule has 1 saturated heterocycles. The van der Waals surface area contributed by atoms with Crippen LogP contribution in [0.2, 0.25) is 0 Å². The molecule has 2 rings (SSSR count). The van der Waals surface area contributed by atoms with Crippen LogP contribution in [0.4, 0.5) is 0 Å². The minimum Gasteiger partial charge on any atom is -0.378 e. The zero-order valence-electron chi connectivity index (χ0n) is 10.6. The molecular formula is C12H21N3OS. The number of ether oxygens (including phenoxy) is 1. The Morgan fingerprint density at radius 2 is 2.18 bits per heavy atom. The van der Waals surface area contributed by atoms with E-state index >= 15 is 0 Å². The van der Waals surface area contributed by atoms with Gasteiger partial charge in [-0.25, -0.2) is 4.98 Å². The van der Waals surface area contributed by atoms with Crippen molar-refractivity contribution in [2.24, 2.45) is 5.73 Å². The fraction of sp³-hybridized carbons (Fsp3) is 0.750. The summed E-state index contributed by atoms with van der Waals surface area (Å²) in [5.41, 5.74) is 6.98. The Morgan fingerprint density at radius 3 is 2.76 bits per heavy atom. The van der Waals surface area contributed by atoms with E-state index < -0.39 is 0 Å². The maximum Gasteiger partial charge on any atom is 0.107 e. The monoisotopic (exact) mass is 255 g/mol. The van der Waals surface area contributed by atoms with Gasteiger partial charge in [0, 0.05) is 18.0 Å². The van der Waals surface area contributed by atoms with Crippen molar-refractivity contribution in [3.63, 3.8) is 0 Å². The van der Waals surface area contributed by atoms with Crippen LogP contribution in [-0.2, 0) is 17.9 Å². The molecule has 17 heavy (non-hydrogen) atoms. The lowest BCUT2D eigenvalue weighted by Crippen LogP contribution is -2.18. The Hall–Kier alpha value is -0.490. The second kappa shape index (κ2) is 5.91. The van der Waals surface area contributed by atoms with E-state index in [0.717, 1.165) is 12.2 Å². The Morgan fingerprint density at radius 1 is 1.47 bits per heavy atom. The smallest absolute Gasteiger partial charge is 0.107 e. The van der Waals surface area contributed by atoms with E-state index in [2.05, 4.69) is 9.88 Å². The highest BCUT2D eigenvalue weighted by atomic mass is 32.1. The van der Waals surface area contributed by atoms with Crippen molar-refractivity contribution >= 4 is 11.3 Å². The molecule has 0 radical (unpaired) electrons. The molecule has 1 unspecified atom stereocenters. The second-order valence-corrected chi connectivity index (χ2v) is 5.74. The van der Waals surface area contributed by atoms with Gasteiger partial charge in [0.2, 0.25) is 0 Å². The normalized spacial score (nSPS) is 18.8. The molecule has 1 fully saturated rings. The first kappa shape index (κ1) is 13.0. The number of thiazole rings is 1. The molecule has 96 valence electrons. The molecule has 1 aromatic rings. The number of rotatable bonds is 5. The number of methoxy groups -OCH3 is 1. The van der Waals surface area contributed by atoms with E-state index in [-0.39, 0.29) is 6.04 Å². The molecule has 1 atom stereocenters. The molecule has 0 spiro atoms. The van der Waals surface area contributed by atoms with Gasteiger partial charge < -0.3 is 10.5 Å². The van der Waals surface area contributed by atoms with Crippen LogP contribution in [0, 0.1) is 0 Å². The highest BCUT2D eigenvalue weighted by molar-refractivity contribution is 7.11. The summed E-state index contributed by atoms with van der Waals surface area (Å²) in [4.78, 5) is 8.28. The van der Waals surface area contributed by atoms with Gasteiger partial charge in [0.1, 0.15) is 5.01 Å². The van der Waals surface area contributed by atoms with Crippen LogP contribution < -0.4 is 5.73 Å². The molecule has 0 aromatic carbocycles. The van der Waals surface area contributed by atoms with Gasteiger partial charge in [0.15, 0.2) is 0 Å². The standard InChI is InChI=1S/C12H21N3OS/c1-9(13)12-10(8-16-2)14-11(17-12)7-15-5-3-4-6-15/h9H,3-8,13H2,1-2H3. The summed E-state index contributed by atoms with van der Waals surface area (Å²) in [5.74, 6) is 0. The molecule has 1 aromatic heterocycles. The first-order valence-corrected chi connectivity index (χ1v) is 6.97. The number of nitrogens with two attached hydrogens (primary N) is 1. The number of likely N-dealkylation sites (tertiary alicyclic amines) is 1. The zero-order chi connectivity index (χ0) is 12.3. The first-order chi connectivity index (χ1) is 8.20. The lowest BCUT2D eigenvalue weighted by Gasteiger charge is -2.11. The van der Waals surface area contributed by atoms with Gasteiger partial charge >= 0.3 is 0 Å². The van der Waals surface area contributed by atoms with Crippen molar-refractivity contribution in [3.8, 4) is 0 Å². The molecule has 0 bridgehead atoms. The average Bonchev–Trinajstić information content (AvgIpc) is 2.89. The van der Waals surface area contributed by atoms with Gasteiger partial charge in [-0.2, -0.15) is 0 Å². The summed E-state index contributed by atoms with van der Waals surface area (Å²) in [5, 5.41) is 1.17. The van der Waals surface area contributed by atoms with E-state index in [1.54, 1.807) is 18.4 Å². The summed E-state index contributed by atoms with van der Waals surface area (Å²) >= 11 is 1.74. The van der Waals surface area contributed by atoms with E-state index in [0.29, 0.717) is 6.61 Å². The topological polar surface area (TPSA) is 51.4 Å². The highest BCUT2D eigenvalue weighted by Gasteiger charge is 2.18. The second-order valence-electron chi connectivity index (χ2n) is 4.62. The van der Waals surface area contributed by atoms with Crippen molar-refractivity contribution in [1.82, 2.24) is 9.88 Å². The zero-order valence-corrected chi connectivity index (χ0v) is 11.4. The third-order valence-electron chi connectivity index (χ3n) is 3.02. The summed E-state index contributed by atoms with van der Waals surface area (Å²) in [7, 11) is 1.70. The van der Waals surface area contributed by atoms with Crippen LogP contribution in [0.5, 0.6) is 0 Å². The molecule has 1 aliphatic rings. The SMILES string of the molecule is COCc1nc(CN2CCCC2)sc1C(C)N. The Labute approximate surface area is 107 Å². The van der Waals surface area contributed by atoms with E-state index in [1.807, 2.05) is 6.92 Å². The summed E-state index contributed by atoms with van der Waals surface area (Å²) in [6.07, 6.45) is 2.63. The Kier molecular flexibility index (Phi) is 4.50. The number of hydrogen-bond donors (Lipinski definition) is 1. The van der Waals surface area contributed by atoms with Gasteiger partial charge in [0.25, 0.3) is 0 Å². The van der Waals surface area contributed by atoms with Crippen LogP contribution in [-0.4, -0.2) is 30.1 Å². The minimum atomic E-state index is 0.0463. The fourth-order valence-electron chi connectivity index (χ4n) is 2.21. The van der Waals surface area contributed by atoms with Crippen molar-refractivity contribution in [3.05, 3.63) is 15.6 Å². The highest BCUT2D eigenvalue weighted by Crippen LogP contribution is 2.26. The largest absolute Gasteiger partial charge is 0.378 e. The quantitative estimate of drug-likeness (QED) is 0.873. The number of nitrogens with zero attached hydrogens (tertiary/aromatic N) is 2. The third-order valence-corrected chi connectivity index (χ3v) is 4.31. The summed E-state index contributed by atoms with van der Waals surface area (Å²) in [6, 6.07) is 0.0463. The molecule has 5 heteroatoms. The fourth-order valence-corrected chi connectivity index (χ4v) is 3.27. The summed E-state index contributed by atoms with van der Waals surface area (Å²) < 4.78 is 5.18.